The molecule has 0 aromatic heterocycles. The first-order valence-electron chi connectivity index (χ1n) is 8.51. The van der Waals surface area contributed by atoms with E-state index < -0.39 is 0 Å². The summed E-state index contributed by atoms with van der Waals surface area (Å²) in [7, 11) is 3.97. The summed E-state index contributed by atoms with van der Waals surface area (Å²) in [6.07, 6.45) is 4.57. The van der Waals surface area contributed by atoms with Gasteiger partial charge < -0.3 is 15.5 Å². The summed E-state index contributed by atoms with van der Waals surface area (Å²) in [5, 5.41) is 6.77. The Morgan fingerprint density at radius 1 is 1.38 bits per heavy atom. The van der Waals surface area contributed by atoms with E-state index in [0.29, 0.717) is 12.5 Å². The van der Waals surface area contributed by atoms with E-state index in [1.807, 2.05) is 12.3 Å². The molecular formula is C18H29FN4S. The third-order valence-electron chi connectivity index (χ3n) is 4.42. The summed E-state index contributed by atoms with van der Waals surface area (Å²) in [5.74, 6) is 2.12. The highest BCUT2D eigenvalue weighted by Crippen LogP contribution is 2.17. The average molecular weight is 353 g/mol. The first kappa shape index (κ1) is 19.1. The predicted molar refractivity (Wildman–Crippen MR) is 102 cm³/mol. The van der Waals surface area contributed by atoms with Crippen molar-refractivity contribution in [3.05, 3.63) is 35.1 Å². The van der Waals surface area contributed by atoms with Crippen LogP contribution in [0.4, 0.5) is 4.39 Å². The zero-order valence-corrected chi connectivity index (χ0v) is 15.8. The summed E-state index contributed by atoms with van der Waals surface area (Å²) in [4.78, 5) is 6.69. The van der Waals surface area contributed by atoms with E-state index in [2.05, 4.69) is 27.6 Å². The summed E-state index contributed by atoms with van der Waals surface area (Å²) >= 11 is 1.70. The normalized spacial score (nSPS) is 19.3. The molecule has 0 saturated carbocycles. The Labute approximate surface area is 149 Å². The van der Waals surface area contributed by atoms with Gasteiger partial charge >= 0.3 is 0 Å². The lowest BCUT2D eigenvalue weighted by molar-refractivity contribution is 0.210. The minimum atomic E-state index is -0.174. The van der Waals surface area contributed by atoms with E-state index in [4.69, 9.17) is 0 Å². The number of likely N-dealkylation sites (tertiary alicyclic amines) is 1. The standard InChI is InChI=1S/C18H29FN4S/c1-20-18(21-10-14-5-4-8-23(2)12-14)22-11-15-6-7-17(19)9-16(15)13-24-3/h6-7,9,14H,4-5,8,10-13H2,1-3H3,(H2,20,21,22). The maximum atomic E-state index is 13.4. The van der Waals surface area contributed by atoms with Gasteiger partial charge in [0.25, 0.3) is 0 Å². The molecule has 2 N–H and O–H groups in total. The smallest absolute Gasteiger partial charge is 0.191 e. The number of thioether (sulfide) groups is 1. The van der Waals surface area contributed by atoms with Gasteiger partial charge in [-0.25, -0.2) is 4.39 Å². The Balaban J connectivity index is 1.85. The number of rotatable bonds is 6. The van der Waals surface area contributed by atoms with E-state index in [1.54, 1.807) is 24.9 Å². The van der Waals surface area contributed by atoms with E-state index in [-0.39, 0.29) is 5.82 Å². The molecule has 0 bridgehead atoms. The number of nitrogens with one attached hydrogen (secondary N) is 2. The molecule has 1 aliphatic rings. The van der Waals surface area contributed by atoms with Crippen LogP contribution in [0.25, 0.3) is 0 Å². The highest BCUT2D eigenvalue weighted by molar-refractivity contribution is 7.97. The summed E-state index contributed by atoms with van der Waals surface area (Å²) in [5.41, 5.74) is 2.16. The quantitative estimate of drug-likeness (QED) is 0.610. The van der Waals surface area contributed by atoms with Crippen LogP contribution in [0, 0.1) is 11.7 Å². The van der Waals surface area contributed by atoms with Gasteiger partial charge in [-0.2, -0.15) is 11.8 Å². The molecule has 1 heterocycles. The molecule has 1 aromatic rings. The van der Waals surface area contributed by atoms with Crippen molar-refractivity contribution in [2.45, 2.75) is 25.1 Å². The highest BCUT2D eigenvalue weighted by atomic mass is 32.2. The molecule has 1 aromatic carbocycles. The van der Waals surface area contributed by atoms with Crippen molar-refractivity contribution in [1.82, 2.24) is 15.5 Å². The SMILES string of the molecule is CN=C(NCc1ccc(F)cc1CSC)NCC1CCCN(C)C1. The lowest BCUT2D eigenvalue weighted by atomic mass is 9.99. The summed E-state index contributed by atoms with van der Waals surface area (Å²) < 4.78 is 13.4. The van der Waals surface area contributed by atoms with Gasteiger partial charge in [0.2, 0.25) is 0 Å². The van der Waals surface area contributed by atoms with Gasteiger partial charge in [-0.05, 0) is 61.9 Å². The monoisotopic (exact) mass is 352 g/mol. The van der Waals surface area contributed by atoms with Crippen LogP contribution in [0.15, 0.2) is 23.2 Å². The van der Waals surface area contributed by atoms with E-state index in [1.165, 1.54) is 25.5 Å². The van der Waals surface area contributed by atoms with Gasteiger partial charge in [-0.3, -0.25) is 4.99 Å². The number of benzene rings is 1. The van der Waals surface area contributed by atoms with Crippen LogP contribution in [0.1, 0.15) is 24.0 Å². The minimum Gasteiger partial charge on any atom is -0.356 e. The van der Waals surface area contributed by atoms with Gasteiger partial charge in [0.15, 0.2) is 5.96 Å². The van der Waals surface area contributed by atoms with Crippen molar-refractivity contribution >= 4 is 17.7 Å². The van der Waals surface area contributed by atoms with Gasteiger partial charge in [-0.1, -0.05) is 6.07 Å². The van der Waals surface area contributed by atoms with Crippen molar-refractivity contribution in [1.29, 1.82) is 0 Å². The third-order valence-corrected chi connectivity index (χ3v) is 5.02. The van der Waals surface area contributed by atoms with Crippen LogP contribution in [-0.4, -0.2) is 50.8 Å². The molecule has 0 spiro atoms. The number of nitrogens with zero attached hydrogens (tertiary/aromatic N) is 2. The van der Waals surface area contributed by atoms with Crippen LogP contribution in [-0.2, 0) is 12.3 Å². The molecule has 1 fully saturated rings. The van der Waals surface area contributed by atoms with E-state index >= 15 is 0 Å². The van der Waals surface area contributed by atoms with Gasteiger partial charge in [0.05, 0.1) is 0 Å². The second-order valence-electron chi connectivity index (χ2n) is 6.42. The van der Waals surface area contributed by atoms with E-state index in [9.17, 15) is 4.39 Å². The minimum absolute atomic E-state index is 0.174. The first-order chi connectivity index (χ1) is 11.6. The molecule has 0 aliphatic carbocycles. The molecule has 2 rings (SSSR count). The molecular weight excluding hydrogens is 323 g/mol. The Kier molecular flexibility index (Phi) is 7.85. The maximum absolute atomic E-state index is 13.4. The molecule has 24 heavy (non-hydrogen) atoms. The van der Waals surface area contributed by atoms with Crippen molar-refractivity contribution < 1.29 is 4.39 Å². The number of aliphatic imine (C=N–C) groups is 1. The van der Waals surface area contributed by atoms with Crippen molar-refractivity contribution in [3.63, 3.8) is 0 Å². The van der Waals surface area contributed by atoms with Crippen LogP contribution < -0.4 is 10.6 Å². The lowest BCUT2D eigenvalue weighted by Gasteiger charge is -2.30. The molecule has 0 radical (unpaired) electrons. The summed E-state index contributed by atoms with van der Waals surface area (Å²) in [6.45, 7) is 3.93. The van der Waals surface area contributed by atoms with Crippen molar-refractivity contribution in [2.24, 2.45) is 10.9 Å². The maximum Gasteiger partial charge on any atom is 0.191 e. The Morgan fingerprint density at radius 2 is 2.21 bits per heavy atom. The number of hydrogen-bond donors (Lipinski definition) is 2. The van der Waals surface area contributed by atoms with Crippen LogP contribution in [0.2, 0.25) is 0 Å². The highest BCUT2D eigenvalue weighted by Gasteiger charge is 2.17. The fraction of sp³-hybridized carbons (Fsp3) is 0.611. The lowest BCUT2D eigenvalue weighted by Crippen LogP contribution is -2.43. The number of guanidine groups is 1. The van der Waals surface area contributed by atoms with Crippen LogP contribution in [0.3, 0.4) is 0 Å². The molecule has 1 aliphatic heterocycles. The zero-order valence-electron chi connectivity index (χ0n) is 14.9. The summed E-state index contributed by atoms with van der Waals surface area (Å²) in [6, 6.07) is 5.01. The van der Waals surface area contributed by atoms with Gasteiger partial charge in [0.1, 0.15) is 5.82 Å². The molecule has 4 nitrogen and oxygen atoms in total. The Hall–Kier alpha value is -1.27. The predicted octanol–water partition coefficient (Wildman–Crippen LogP) is 2.70. The fourth-order valence-corrected chi connectivity index (χ4v) is 3.72. The van der Waals surface area contributed by atoms with Crippen molar-refractivity contribution in [3.8, 4) is 0 Å². The van der Waals surface area contributed by atoms with Gasteiger partial charge in [0, 0.05) is 32.4 Å². The molecule has 1 atom stereocenters. The second-order valence-corrected chi connectivity index (χ2v) is 7.29. The number of hydrogen-bond acceptors (Lipinski definition) is 3. The molecule has 0 amide bonds. The third kappa shape index (κ3) is 5.98. The largest absolute Gasteiger partial charge is 0.356 e. The van der Waals surface area contributed by atoms with Gasteiger partial charge in [-0.15, -0.1) is 0 Å². The number of piperidine rings is 1. The van der Waals surface area contributed by atoms with Crippen molar-refractivity contribution in [2.75, 3.05) is 40.0 Å². The Bertz CT molecular complexity index is 550. The Morgan fingerprint density at radius 3 is 2.92 bits per heavy atom. The van der Waals surface area contributed by atoms with E-state index in [0.717, 1.165) is 35.9 Å². The first-order valence-corrected chi connectivity index (χ1v) is 9.91. The molecule has 1 unspecified atom stereocenters. The topological polar surface area (TPSA) is 39.7 Å². The molecule has 6 heteroatoms. The second kappa shape index (κ2) is 9.89. The molecule has 1 saturated heterocycles. The van der Waals surface area contributed by atoms with Crippen LogP contribution >= 0.6 is 11.8 Å². The average Bonchev–Trinajstić information content (AvgIpc) is 2.57. The number of halogens is 1. The zero-order chi connectivity index (χ0) is 17.4. The van der Waals surface area contributed by atoms with Crippen LogP contribution in [0.5, 0.6) is 0 Å². The molecule has 134 valence electrons. The fourth-order valence-electron chi connectivity index (χ4n) is 3.14.